The molecule has 2 aromatic carbocycles. The minimum Gasteiger partial charge on any atom is -0.434 e. The third-order valence-electron chi connectivity index (χ3n) is 7.22. The molecule has 1 aliphatic heterocycles. The quantitative estimate of drug-likeness (QED) is 0.428. The molecule has 176 valence electrons. The molecule has 7 rings (SSSR count). The highest BCUT2D eigenvalue weighted by Crippen LogP contribution is 2.86. The standard InChI is InChI=1S/C26H19F3N4O2/c1-25(2,34)23-30-10-12(11-31-23)14-7-18-17(8-16(14)27)32-22-20-15-9-26(15,20)21(33(18)22)13-5-3-4-6-19(13)35-24(28)29/h3-8,10-11,21,24,34H,9H2,1-2H3/t21-,26?/m1/s1. The number of ether oxygens (including phenoxy) is 1. The lowest BCUT2D eigenvalue weighted by Crippen LogP contribution is -2.19. The Hall–Kier alpha value is -3.72. The second kappa shape index (κ2) is 6.48. The van der Waals surface area contributed by atoms with E-state index in [0.717, 1.165) is 17.8 Å². The van der Waals surface area contributed by atoms with Gasteiger partial charge in [-0.15, -0.1) is 0 Å². The highest BCUT2D eigenvalue weighted by molar-refractivity contribution is 6.04. The number of aromatic nitrogens is 4. The Labute approximate surface area is 197 Å². The lowest BCUT2D eigenvalue weighted by atomic mass is 9.94. The maximum absolute atomic E-state index is 15.2. The highest BCUT2D eigenvalue weighted by Gasteiger charge is 2.77. The van der Waals surface area contributed by atoms with Crippen LogP contribution in [0.1, 0.15) is 43.5 Å². The number of rotatable bonds is 5. The van der Waals surface area contributed by atoms with Gasteiger partial charge in [0.2, 0.25) is 0 Å². The van der Waals surface area contributed by atoms with Gasteiger partial charge < -0.3 is 14.4 Å². The molecule has 6 nitrogen and oxygen atoms in total. The van der Waals surface area contributed by atoms with E-state index >= 15 is 4.39 Å². The maximum Gasteiger partial charge on any atom is 0.387 e. The summed E-state index contributed by atoms with van der Waals surface area (Å²) in [6, 6.07) is 9.62. The zero-order valence-corrected chi connectivity index (χ0v) is 18.8. The predicted molar refractivity (Wildman–Crippen MR) is 121 cm³/mol. The van der Waals surface area contributed by atoms with Crippen molar-refractivity contribution in [3.8, 4) is 16.9 Å². The Morgan fingerprint density at radius 2 is 1.91 bits per heavy atom. The SMILES string of the molecule is CC(C)(O)c1ncc(-c2cc3c(cc2F)nc2n3[C@H](c3ccccc3OC(F)F)C34CC3=C24)cn1. The van der Waals surface area contributed by atoms with Crippen LogP contribution in [0.15, 0.2) is 54.4 Å². The summed E-state index contributed by atoms with van der Waals surface area (Å²) in [4.78, 5) is 13.1. The molecule has 9 heteroatoms. The number of fused-ring (bicyclic) bond motifs is 4. The van der Waals surface area contributed by atoms with Gasteiger partial charge in [-0.1, -0.05) is 18.2 Å². The Balaban J connectivity index is 1.39. The molecule has 35 heavy (non-hydrogen) atoms. The van der Waals surface area contributed by atoms with Crippen molar-refractivity contribution in [2.45, 2.75) is 38.5 Å². The molecule has 1 saturated carbocycles. The van der Waals surface area contributed by atoms with Crippen molar-refractivity contribution in [1.29, 1.82) is 0 Å². The lowest BCUT2D eigenvalue weighted by molar-refractivity contribution is -0.0507. The summed E-state index contributed by atoms with van der Waals surface area (Å²) in [6.07, 6.45) is 3.85. The minimum absolute atomic E-state index is 0.131. The van der Waals surface area contributed by atoms with E-state index in [1.54, 1.807) is 44.2 Å². The van der Waals surface area contributed by atoms with E-state index in [1.165, 1.54) is 24.0 Å². The number of nitrogens with zero attached hydrogens (tertiary/aromatic N) is 4. The van der Waals surface area contributed by atoms with Gasteiger partial charge >= 0.3 is 6.61 Å². The average molecular weight is 476 g/mol. The summed E-state index contributed by atoms with van der Waals surface area (Å²) in [5, 5.41) is 10.1. The van der Waals surface area contributed by atoms with Crippen molar-refractivity contribution in [2.24, 2.45) is 5.41 Å². The number of hydrogen-bond donors (Lipinski definition) is 1. The lowest BCUT2D eigenvalue weighted by Gasteiger charge is -2.22. The van der Waals surface area contributed by atoms with Crippen molar-refractivity contribution in [3.63, 3.8) is 0 Å². The Kier molecular flexibility index (Phi) is 3.82. The molecule has 0 bridgehead atoms. The molecule has 0 amide bonds. The smallest absolute Gasteiger partial charge is 0.387 e. The van der Waals surface area contributed by atoms with Crippen LogP contribution in [0.25, 0.3) is 27.7 Å². The summed E-state index contributed by atoms with van der Waals surface area (Å²) in [7, 11) is 0. The van der Waals surface area contributed by atoms with Crippen LogP contribution < -0.4 is 4.74 Å². The Morgan fingerprint density at radius 1 is 1.17 bits per heavy atom. The highest BCUT2D eigenvalue weighted by atomic mass is 19.3. The third kappa shape index (κ3) is 2.72. The van der Waals surface area contributed by atoms with Crippen LogP contribution in [0.3, 0.4) is 0 Å². The van der Waals surface area contributed by atoms with Crippen LogP contribution in [0.4, 0.5) is 13.2 Å². The fraction of sp³-hybridized carbons (Fsp3) is 0.269. The first-order valence-corrected chi connectivity index (χ1v) is 11.2. The molecule has 4 aromatic rings. The van der Waals surface area contributed by atoms with Crippen LogP contribution in [0.2, 0.25) is 0 Å². The van der Waals surface area contributed by atoms with Crippen molar-refractivity contribution in [1.82, 2.24) is 19.5 Å². The zero-order valence-electron chi connectivity index (χ0n) is 18.8. The Bertz CT molecular complexity index is 1590. The number of halogens is 3. The fourth-order valence-corrected chi connectivity index (χ4v) is 5.52. The van der Waals surface area contributed by atoms with Crippen molar-refractivity contribution in [2.75, 3.05) is 0 Å². The monoisotopic (exact) mass is 476 g/mol. The fourth-order valence-electron chi connectivity index (χ4n) is 5.52. The maximum atomic E-state index is 15.2. The number of hydrogen-bond acceptors (Lipinski definition) is 5. The van der Waals surface area contributed by atoms with E-state index in [1.807, 2.05) is 4.57 Å². The van der Waals surface area contributed by atoms with Crippen molar-refractivity contribution < 1.29 is 23.0 Å². The molecule has 0 radical (unpaired) electrons. The van der Waals surface area contributed by atoms with Gasteiger partial charge in [0.25, 0.3) is 0 Å². The molecule has 1 N–H and O–H groups in total. The molecule has 0 saturated heterocycles. The van der Waals surface area contributed by atoms with Gasteiger partial charge in [-0.3, -0.25) is 0 Å². The first-order chi connectivity index (χ1) is 16.7. The topological polar surface area (TPSA) is 73.1 Å². The third-order valence-corrected chi connectivity index (χ3v) is 7.22. The van der Waals surface area contributed by atoms with Gasteiger partial charge in [-0.05, 0) is 38.0 Å². The summed E-state index contributed by atoms with van der Waals surface area (Å²) >= 11 is 0. The molecule has 2 aliphatic carbocycles. The van der Waals surface area contributed by atoms with Gasteiger partial charge in [-0.2, -0.15) is 8.78 Å². The number of alkyl halides is 2. The van der Waals surface area contributed by atoms with Crippen LogP contribution in [0.5, 0.6) is 5.75 Å². The number of allylic oxidation sites excluding steroid dienone is 2. The molecule has 1 fully saturated rings. The zero-order chi connectivity index (χ0) is 24.3. The summed E-state index contributed by atoms with van der Waals surface area (Å²) in [5.74, 6) is 0.645. The molecular weight excluding hydrogens is 457 g/mol. The second-order valence-electron chi connectivity index (χ2n) is 9.80. The van der Waals surface area contributed by atoms with Crippen LogP contribution >= 0.6 is 0 Å². The van der Waals surface area contributed by atoms with Crippen LogP contribution in [0, 0.1) is 11.2 Å². The average Bonchev–Trinajstić information content (AvgIpc) is 3.61. The van der Waals surface area contributed by atoms with E-state index in [9.17, 15) is 13.9 Å². The summed E-state index contributed by atoms with van der Waals surface area (Å²) in [6.45, 7) is 0.212. The first kappa shape index (κ1) is 20.6. The van der Waals surface area contributed by atoms with Crippen molar-refractivity contribution >= 4 is 16.6 Å². The van der Waals surface area contributed by atoms with E-state index in [4.69, 9.17) is 9.72 Å². The molecule has 2 aromatic heterocycles. The summed E-state index contributed by atoms with van der Waals surface area (Å²) < 4.78 is 48.3. The van der Waals surface area contributed by atoms with E-state index in [0.29, 0.717) is 27.7 Å². The van der Waals surface area contributed by atoms with Gasteiger partial charge in [-0.25, -0.2) is 19.3 Å². The summed E-state index contributed by atoms with van der Waals surface area (Å²) in [5.41, 5.74) is 3.59. The molecular formula is C26H19F3N4O2. The van der Waals surface area contributed by atoms with E-state index < -0.39 is 18.0 Å². The largest absolute Gasteiger partial charge is 0.434 e. The van der Waals surface area contributed by atoms with Gasteiger partial charge in [0.05, 0.1) is 17.1 Å². The van der Waals surface area contributed by atoms with E-state index in [-0.39, 0.29) is 23.0 Å². The molecule has 3 heterocycles. The predicted octanol–water partition coefficient (Wildman–Crippen LogP) is 5.22. The number of benzene rings is 2. The van der Waals surface area contributed by atoms with Crippen LogP contribution in [-0.2, 0) is 5.60 Å². The molecule has 2 atom stereocenters. The van der Waals surface area contributed by atoms with Gasteiger partial charge in [0.15, 0.2) is 5.82 Å². The number of aliphatic hydroxyl groups is 1. The van der Waals surface area contributed by atoms with Gasteiger partial charge in [0.1, 0.15) is 23.0 Å². The molecule has 1 spiro atoms. The molecule has 3 aliphatic rings. The van der Waals surface area contributed by atoms with Gasteiger partial charge in [0, 0.05) is 46.1 Å². The van der Waals surface area contributed by atoms with E-state index in [2.05, 4.69) is 9.97 Å². The minimum atomic E-state index is -2.94. The van der Waals surface area contributed by atoms with Crippen LogP contribution in [-0.4, -0.2) is 31.2 Å². The first-order valence-electron chi connectivity index (χ1n) is 11.2. The normalized spacial score (nSPS) is 21.9. The van der Waals surface area contributed by atoms with Crippen molar-refractivity contribution in [3.05, 3.63) is 77.4 Å². The number of imidazole rings is 1. The molecule has 1 unspecified atom stereocenters. The Morgan fingerprint density at radius 3 is 2.60 bits per heavy atom. The second-order valence-corrected chi connectivity index (χ2v) is 9.80. The number of para-hydroxylation sites is 1.